The zero-order valence-corrected chi connectivity index (χ0v) is 11.5. The number of anilines is 2. The number of aromatic nitrogens is 1. The Labute approximate surface area is 111 Å². The van der Waals surface area contributed by atoms with Crippen molar-refractivity contribution in [3.63, 3.8) is 0 Å². The van der Waals surface area contributed by atoms with Gasteiger partial charge in [0.15, 0.2) is 0 Å². The Balaban J connectivity index is 2.24. The molecular formula is C13H17N3OS. The zero-order chi connectivity index (χ0) is 13.2. The van der Waals surface area contributed by atoms with Gasteiger partial charge in [-0.1, -0.05) is 0 Å². The lowest BCUT2D eigenvalue weighted by atomic mass is 10.1. The van der Waals surface area contributed by atoms with Crippen LogP contribution in [0.3, 0.4) is 0 Å². The smallest absolute Gasteiger partial charge is 0.121 e. The molecule has 0 atom stereocenters. The minimum atomic E-state index is -0.253. The Morgan fingerprint density at radius 3 is 2.72 bits per heavy atom. The standard InChI is InChI=1S/C13H17N3OS/c1-13(2,12-15-6-7-18-12)16-11-5-4-9(17-3)8-10(11)14/h4-8,16H,14H2,1-3H3. The second kappa shape index (κ2) is 4.86. The van der Waals surface area contributed by atoms with Crippen LogP contribution < -0.4 is 15.8 Å². The summed E-state index contributed by atoms with van der Waals surface area (Å²) in [5.74, 6) is 0.755. The summed E-state index contributed by atoms with van der Waals surface area (Å²) in [6.45, 7) is 4.16. The number of nitrogens with two attached hydrogens (primary N) is 1. The van der Waals surface area contributed by atoms with Gasteiger partial charge in [0.2, 0.25) is 0 Å². The summed E-state index contributed by atoms with van der Waals surface area (Å²) in [5.41, 5.74) is 7.30. The summed E-state index contributed by atoms with van der Waals surface area (Å²) in [6, 6.07) is 5.61. The van der Waals surface area contributed by atoms with Crippen LogP contribution in [0.15, 0.2) is 29.8 Å². The number of rotatable bonds is 4. The Morgan fingerprint density at radius 1 is 1.39 bits per heavy atom. The lowest BCUT2D eigenvalue weighted by Crippen LogP contribution is -2.28. The molecule has 5 heteroatoms. The first kappa shape index (κ1) is 12.7. The van der Waals surface area contributed by atoms with Crippen LogP contribution in [0.1, 0.15) is 18.9 Å². The quantitative estimate of drug-likeness (QED) is 0.832. The van der Waals surface area contributed by atoms with E-state index in [-0.39, 0.29) is 5.54 Å². The van der Waals surface area contributed by atoms with E-state index in [1.165, 1.54) is 0 Å². The van der Waals surface area contributed by atoms with Gasteiger partial charge in [-0.2, -0.15) is 0 Å². The van der Waals surface area contributed by atoms with E-state index in [1.807, 2.05) is 17.5 Å². The Kier molecular flexibility index (Phi) is 3.43. The van der Waals surface area contributed by atoms with E-state index >= 15 is 0 Å². The van der Waals surface area contributed by atoms with Gasteiger partial charge in [0, 0.05) is 17.6 Å². The maximum Gasteiger partial charge on any atom is 0.121 e. The van der Waals surface area contributed by atoms with E-state index in [0.717, 1.165) is 16.4 Å². The number of nitrogens with zero attached hydrogens (tertiary/aromatic N) is 1. The number of methoxy groups -OCH3 is 1. The minimum Gasteiger partial charge on any atom is -0.497 e. The van der Waals surface area contributed by atoms with Gasteiger partial charge >= 0.3 is 0 Å². The third kappa shape index (κ3) is 2.56. The molecule has 0 fully saturated rings. The molecule has 0 unspecified atom stereocenters. The molecule has 96 valence electrons. The molecule has 18 heavy (non-hydrogen) atoms. The van der Waals surface area contributed by atoms with Crippen LogP contribution in [0.2, 0.25) is 0 Å². The Bertz CT molecular complexity index is 523. The number of nitrogen functional groups attached to an aromatic ring is 1. The van der Waals surface area contributed by atoms with Crippen LogP contribution in [-0.4, -0.2) is 12.1 Å². The molecule has 1 heterocycles. The fourth-order valence-corrected chi connectivity index (χ4v) is 2.42. The molecule has 0 aliphatic rings. The number of ether oxygens (including phenoxy) is 1. The molecule has 2 aromatic rings. The van der Waals surface area contributed by atoms with E-state index in [9.17, 15) is 0 Å². The van der Waals surface area contributed by atoms with Gasteiger partial charge in [0.25, 0.3) is 0 Å². The second-order valence-corrected chi connectivity index (χ2v) is 5.44. The first-order valence-electron chi connectivity index (χ1n) is 5.64. The molecule has 0 aliphatic carbocycles. The molecule has 3 N–H and O–H groups in total. The largest absolute Gasteiger partial charge is 0.497 e. The highest BCUT2D eigenvalue weighted by Crippen LogP contribution is 2.31. The summed E-state index contributed by atoms with van der Waals surface area (Å²) in [7, 11) is 1.63. The van der Waals surface area contributed by atoms with E-state index in [1.54, 1.807) is 30.7 Å². The third-order valence-electron chi connectivity index (χ3n) is 2.67. The van der Waals surface area contributed by atoms with Crippen molar-refractivity contribution in [1.82, 2.24) is 4.98 Å². The minimum absolute atomic E-state index is 0.253. The van der Waals surface area contributed by atoms with Gasteiger partial charge in [0.05, 0.1) is 24.0 Å². The van der Waals surface area contributed by atoms with Crippen molar-refractivity contribution < 1.29 is 4.74 Å². The molecular weight excluding hydrogens is 246 g/mol. The highest BCUT2D eigenvalue weighted by Gasteiger charge is 2.23. The van der Waals surface area contributed by atoms with Gasteiger partial charge < -0.3 is 15.8 Å². The van der Waals surface area contributed by atoms with Crippen molar-refractivity contribution in [1.29, 1.82) is 0 Å². The zero-order valence-electron chi connectivity index (χ0n) is 10.7. The Hall–Kier alpha value is -1.75. The van der Waals surface area contributed by atoms with Gasteiger partial charge in [-0.05, 0) is 26.0 Å². The molecule has 2 rings (SSSR count). The number of nitrogens with one attached hydrogen (secondary N) is 1. The highest BCUT2D eigenvalue weighted by atomic mass is 32.1. The first-order chi connectivity index (χ1) is 8.53. The maximum absolute atomic E-state index is 6.00. The fraction of sp³-hybridized carbons (Fsp3) is 0.308. The van der Waals surface area contributed by atoms with E-state index in [2.05, 4.69) is 24.1 Å². The third-order valence-corrected chi connectivity index (χ3v) is 3.77. The van der Waals surface area contributed by atoms with E-state index in [4.69, 9.17) is 10.5 Å². The first-order valence-corrected chi connectivity index (χ1v) is 6.52. The van der Waals surface area contributed by atoms with E-state index in [0.29, 0.717) is 5.69 Å². The van der Waals surface area contributed by atoms with Crippen molar-refractivity contribution in [3.8, 4) is 5.75 Å². The topological polar surface area (TPSA) is 60.2 Å². The van der Waals surface area contributed by atoms with Crippen LogP contribution in [0, 0.1) is 0 Å². The summed E-state index contributed by atoms with van der Waals surface area (Å²) in [5, 5.41) is 6.40. The summed E-state index contributed by atoms with van der Waals surface area (Å²) in [6.07, 6.45) is 1.81. The van der Waals surface area contributed by atoms with Crippen LogP contribution in [-0.2, 0) is 5.54 Å². The SMILES string of the molecule is COc1ccc(NC(C)(C)c2nccs2)c(N)c1. The Morgan fingerprint density at radius 2 is 2.17 bits per heavy atom. The number of hydrogen-bond donors (Lipinski definition) is 2. The summed E-state index contributed by atoms with van der Waals surface area (Å²) in [4.78, 5) is 4.34. The average molecular weight is 263 g/mol. The van der Waals surface area contributed by atoms with Gasteiger partial charge in [-0.15, -0.1) is 11.3 Å². The molecule has 0 saturated carbocycles. The monoisotopic (exact) mass is 263 g/mol. The van der Waals surface area contributed by atoms with Crippen LogP contribution in [0.4, 0.5) is 11.4 Å². The predicted octanol–water partition coefficient (Wildman–Crippen LogP) is 3.08. The van der Waals surface area contributed by atoms with Gasteiger partial charge in [0.1, 0.15) is 10.8 Å². The molecule has 0 bridgehead atoms. The molecule has 0 aliphatic heterocycles. The van der Waals surface area contributed by atoms with E-state index < -0.39 is 0 Å². The summed E-state index contributed by atoms with van der Waals surface area (Å²) >= 11 is 1.62. The predicted molar refractivity (Wildman–Crippen MR) is 76.2 cm³/mol. The van der Waals surface area contributed by atoms with Crippen molar-refractivity contribution in [2.75, 3.05) is 18.2 Å². The fourth-order valence-electron chi connectivity index (χ4n) is 1.70. The van der Waals surface area contributed by atoms with Crippen LogP contribution in [0.5, 0.6) is 5.75 Å². The van der Waals surface area contributed by atoms with Gasteiger partial charge in [-0.25, -0.2) is 4.98 Å². The molecule has 1 aromatic carbocycles. The second-order valence-electron chi connectivity index (χ2n) is 4.54. The molecule has 0 amide bonds. The maximum atomic E-state index is 6.00. The molecule has 0 radical (unpaired) electrons. The normalized spacial score (nSPS) is 11.3. The van der Waals surface area contributed by atoms with Crippen molar-refractivity contribution >= 4 is 22.7 Å². The number of benzene rings is 1. The molecule has 4 nitrogen and oxygen atoms in total. The van der Waals surface area contributed by atoms with Crippen LogP contribution >= 0.6 is 11.3 Å². The summed E-state index contributed by atoms with van der Waals surface area (Å²) < 4.78 is 5.13. The lowest BCUT2D eigenvalue weighted by Gasteiger charge is -2.26. The van der Waals surface area contributed by atoms with Crippen molar-refractivity contribution in [3.05, 3.63) is 34.8 Å². The number of hydrogen-bond acceptors (Lipinski definition) is 5. The lowest BCUT2D eigenvalue weighted by molar-refractivity contribution is 0.415. The van der Waals surface area contributed by atoms with Gasteiger partial charge in [-0.3, -0.25) is 0 Å². The van der Waals surface area contributed by atoms with Crippen molar-refractivity contribution in [2.24, 2.45) is 0 Å². The number of thiazole rings is 1. The molecule has 1 aromatic heterocycles. The molecule has 0 spiro atoms. The average Bonchev–Trinajstić information content (AvgIpc) is 2.86. The highest BCUT2D eigenvalue weighted by molar-refractivity contribution is 7.09. The van der Waals surface area contributed by atoms with Crippen molar-refractivity contribution in [2.45, 2.75) is 19.4 Å². The molecule has 0 saturated heterocycles. The van der Waals surface area contributed by atoms with Crippen LogP contribution in [0.25, 0.3) is 0 Å².